The molecule has 1 aliphatic rings. The number of rotatable bonds is 4. The molecule has 1 aromatic heterocycles. The van der Waals surface area contributed by atoms with Gasteiger partial charge in [0.05, 0.1) is 17.8 Å². The van der Waals surface area contributed by atoms with E-state index in [1.54, 1.807) is 4.90 Å². The van der Waals surface area contributed by atoms with Crippen LogP contribution in [-0.4, -0.2) is 48.8 Å². The van der Waals surface area contributed by atoms with Crippen LogP contribution in [-0.2, 0) is 17.5 Å². The first-order valence-corrected chi connectivity index (χ1v) is 7.28. The van der Waals surface area contributed by atoms with Crippen LogP contribution in [0.4, 0.5) is 13.2 Å². The second-order valence-corrected chi connectivity index (χ2v) is 5.52. The van der Waals surface area contributed by atoms with Crippen LogP contribution < -0.4 is 0 Å². The minimum Gasteiger partial charge on any atom is -0.480 e. The predicted octanol–water partition coefficient (Wildman–Crippen LogP) is 2.15. The topological polar surface area (TPSA) is 84.1 Å². The Balaban J connectivity index is 0.00000225. The minimum absolute atomic E-state index is 0. The SMILES string of the molecule is Cl.O=C(O)[C@H]1CCCN1Cc1nnnn1-c1ccc(C(F)(F)F)cc1. The van der Waals surface area contributed by atoms with Crippen LogP contribution in [0, 0.1) is 0 Å². The van der Waals surface area contributed by atoms with Gasteiger partial charge in [-0.25, -0.2) is 0 Å². The highest BCUT2D eigenvalue weighted by Gasteiger charge is 2.32. The zero-order valence-electron chi connectivity index (χ0n) is 12.8. The van der Waals surface area contributed by atoms with Crippen LogP contribution in [0.3, 0.4) is 0 Å². The average Bonchev–Trinajstić information content (AvgIpc) is 3.16. The van der Waals surface area contributed by atoms with Gasteiger partial charge in [0.1, 0.15) is 6.04 Å². The Kier molecular flexibility index (Phi) is 5.63. The number of alkyl halides is 3. The summed E-state index contributed by atoms with van der Waals surface area (Å²) in [6.45, 7) is 0.821. The molecule has 0 amide bonds. The van der Waals surface area contributed by atoms with E-state index in [0.717, 1.165) is 18.6 Å². The number of carboxylic acid groups (broad SMARTS) is 1. The van der Waals surface area contributed by atoms with Gasteiger partial charge in [0.25, 0.3) is 0 Å². The quantitative estimate of drug-likeness (QED) is 0.879. The number of tetrazole rings is 1. The number of halogens is 4. The first-order valence-electron chi connectivity index (χ1n) is 7.28. The normalized spacial score (nSPS) is 18.1. The molecule has 0 bridgehead atoms. The summed E-state index contributed by atoms with van der Waals surface area (Å²) in [7, 11) is 0. The zero-order valence-corrected chi connectivity index (χ0v) is 13.7. The van der Waals surface area contributed by atoms with Crippen molar-refractivity contribution in [1.29, 1.82) is 0 Å². The molecule has 7 nitrogen and oxygen atoms in total. The molecule has 25 heavy (non-hydrogen) atoms. The number of aromatic nitrogens is 4. The number of aliphatic carboxylic acids is 1. The molecular formula is C14H15ClF3N5O2. The van der Waals surface area contributed by atoms with Crippen molar-refractivity contribution in [3.05, 3.63) is 35.7 Å². The molecule has 136 valence electrons. The van der Waals surface area contributed by atoms with Crippen LogP contribution >= 0.6 is 12.4 Å². The van der Waals surface area contributed by atoms with E-state index in [1.165, 1.54) is 16.8 Å². The third kappa shape index (κ3) is 4.07. The number of hydrogen-bond acceptors (Lipinski definition) is 5. The van der Waals surface area contributed by atoms with Crippen molar-refractivity contribution in [2.45, 2.75) is 31.6 Å². The summed E-state index contributed by atoms with van der Waals surface area (Å²) in [5.41, 5.74) is -0.375. The van der Waals surface area contributed by atoms with Crippen molar-refractivity contribution in [3.8, 4) is 5.69 Å². The molecule has 0 unspecified atom stereocenters. The summed E-state index contributed by atoms with van der Waals surface area (Å²) >= 11 is 0. The first kappa shape index (κ1) is 19.1. The summed E-state index contributed by atoms with van der Waals surface area (Å²) in [4.78, 5) is 13.0. The molecule has 0 saturated carbocycles. The maximum Gasteiger partial charge on any atom is 0.416 e. The van der Waals surface area contributed by atoms with Crippen LogP contribution in [0.1, 0.15) is 24.2 Å². The maximum atomic E-state index is 12.6. The van der Waals surface area contributed by atoms with E-state index >= 15 is 0 Å². The van der Waals surface area contributed by atoms with Gasteiger partial charge in [-0.05, 0) is 54.1 Å². The lowest BCUT2D eigenvalue weighted by molar-refractivity contribution is -0.142. The standard InChI is InChI=1S/C14H14F3N5O2.ClH/c15-14(16,17)9-3-5-10(6-4-9)22-12(18-19-20-22)8-21-7-1-2-11(21)13(23)24;/h3-6,11H,1-2,7-8H2,(H,23,24);1H/t11-;/m1./s1. The average molecular weight is 378 g/mol. The number of carbonyl (C=O) groups is 1. The molecule has 1 aromatic carbocycles. The van der Waals surface area contributed by atoms with E-state index in [4.69, 9.17) is 0 Å². The molecule has 1 fully saturated rings. The van der Waals surface area contributed by atoms with Gasteiger partial charge >= 0.3 is 12.1 Å². The molecule has 2 heterocycles. The monoisotopic (exact) mass is 377 g/mol. The number of likely N-dealkylation sites (tertiary alicyclic amines) is 1. The second-order valence-electron chi connectivity index (χ2n) is 5.52. The number of hydrogen-bond donors (Lipinski definition) is 1. The Morgan fingerprint density at radius 1 is 1.28 bits per heavy atom. The highest BCUT2D eigenvalue weighted by Crippen LogP contribution is 2.29. The van der Waals surface area contributed by atoms with Gasteiger partial charge in [-0.15, -0.1) is 17.5 Å². The lowest BCUT2D eigenvalue weighted by atomic mass is 10.2. The van der Waals surface area contributed by atoms with Crippen LogP contribution in [0.15, 0.2) is 24.3 Å². The molecule has 2 aromatic rings. The molecule has 0 radical (unpaired) electrons. The summed E-state index contributed by atoms with van der Waals surface area (Å²) < 4.78 is 39.2. The van der Waals surface area contributed by atoms with Crippen LogP contribution in [0.5, 0.6) is 0 Å². The summed E-state index contributed by atoms with van der Waals surface area (Å²) in [6, 6.07) is 3.87. The fourth-order valence-electron chi connectivity index (χ4n) is 2.77. The van der Waals surface area contributed by atoms with Crippen molar-refractivity contribution in [3.63, 3.8) is 0 Å². The van der Waals surface area contributed by atoms with E-state index in [-0.39, 0.29) is 19.0 Å². The minimum atomic E-state index is -4.41. The van der Waals surface area contributed by atoms with Gasteiger partial charge in [0.2, 0.25) is 0 Å². The Hall–Kier alpha value is -2.20. The van der Waals surface area contributed by atoms with Gasteiger partial charge in [-0.3, -0.25) is 9.69 Å². The summed E-state index contributed by atoms with van der Waals surface area (Å²) in [6.07, 6.45) is -3.10. The van der Waals surface area contributed by atoms with E-state index < -0.39 is 23.8 Å². The van der Waals surface area contributed by atoms with Gasteiger partial charge in [-0.1, -0.05) is 0 Å². The van der Waals surface area contributed by atoms with Crippen molar-refractivity contribution in [2.24, 2.45) is 0 Å². The van der Waals surface area contributed by atoms with Crippen LogP contribution in [0.2, 0.25) is 0 Å². The summed E-state index contributed by atoms with van der Waals surface area (Å²) in [5.74, 6) is -0.524. The first-order chi connectivity index (χ1) is 11.4. The second kappa shape index (κ2) is 7.36. The Morgan fingerprint density at radius 2 is 1.96 bits per heavy atom. The largest absolute Gasteiger partial charge is 0.480 e. The van der Waals surface area contributed by atoms with Crippen molar-refractivity contribution < 1.29 is 23.1 Å². The molecule has 1 atom stereocenters. The fraction of sp³-hybridized carbons (Fsp3) is 0.429. The Bertz CT molecular complexity index is 735. The molecule has 0 spiro atoms. The van der Waals surface area contributed by atoms with E-state index in [0.29, 0.717) is 24.5 Å². The molecule has 1 aliphatic heterocycles. The van der Waals surface area contributed by atoms with Crippen molar-refractivity contribution in [1.82, 2.24) is 25.1 Å². The van der Waals surface area contributed by atoms with Gasteiger partial charge in [0.15, 0.2) is 5.82 Å². The fourth-order valence-corrected chi connectivity index (χ4v) is 2.77. The smallest absolute Gasteiger partial charge is 0.416 e. The van der Waals surface area contributed by atoms with E-state index in [1.807, 2.05) is 0 Å². The van der Waals surface area contributed by atoms with E-state index in [9.17, 15) is 23.1 Å². The molecule has 11 heteroatoms. The highest BCUT2D eigenvalue weighted by molar-refractivity contribution is 5.85. The Labute approximate surface area is 146 Å². The highest BCUT2D eigenvalue weighted by atomic mass is 35.5. The third-order valence-corrected chi connectivity index (χ3v) is 3.97. The Morgan fingerprint density at radius 3 is 2.56 bits per heavy atom. The number of nitrogens with zero attached hydrogens (tertiary/aromatic N) is 5. The number of carboxylic acids is 1. The van der Waals surface area contributed by atoms with Crippen molar-refractivity contribution in [2.75, 3.05) is 6.54 Å². The maximum absolute atomic E-state index is 12.6. The van der Waals surface area contributed by atoms with Gasteiger partial charge in [0, 0.05) is 0 Å². The molecule has 3 rings (SSSR count). The molecule has 1 N–H and O–H groups in total. The molecule has 0 aliphatic carbocycles. The molecular weight excluding hydrogens is 363 g/mol. The van der Waals surface area contributed by atoms with Gasteiger partial charge < -0.3 is 5.11 Å². The predicted molar refractivity (Wildman–Crippen MR) is 82.5 cm³/mol. The third-order valence-electron chi connectivity index (χ3n) is 3.97. The number of benzene rings is 1. The summed E-state index contributed by atoms with van der Waals surface area (Å²) in [5, 5.41) is 20.4. The van der Waals surface area contributed by atoms with Gasteiger partial charge in [-0.2, -0.15) is 17.9 Å². The lowest BCUT2D eigenvalue weighted by Crippen LogP contribution is -2.36. The van der Waals surface area contributed by atoms with Crippen molar-refractivity contribution >= 4 is 18.4 Å². The van der Waals surface area contributed by atoms with Crippen LogP contribution in [0.25, 0.3) is 5.69 Å². The zero-order chi connectivity index (χ0) is 17.3. The molecule has 1 saturated heterocycles. The lowest BCUT2D eigenvalue weighted by Gasteiger charge is -2.20. The van der Waals surface area contributed by atoms with E-state index in [2.05, 4.69) is 15.5 Å².